The maximum Gasteiger partial charge on any atom is 0.335 e. The van der Waals surface area contributed by atoms with Gasteiger partial charge >= 0.3 is 11.9 Å². The number of aromatic nitrogens is 2. The summed E-state index contributed by atoms with van der Waals surface area (Å²) in [6, 6.07) is 12.1. The van der Waals surface area contributed by atoms with E-state index in [1.807, 2.05) is 13.8 Å². The molecule has 2 aromatic heterocycles. The maximum absolute atomic E-state index is 13.5. The van der Waals surface area contributed by atoms with Gasteiger partial charge < -0.3 is 14.9 Å². The van der Waals surface area contributed by atoms with E-state index in [4.69, 9.17) is 4.74 Å². The van der Waals surface area contributed by atoms with Gasteiger partial charge in [0, 0.05) is 11.8 Å². The summed E-state index contributed by atoms with van der Waals surface area (Å²) in [5.41, 5.74) is 2.75. The van der Waals surface area contributed by atoms with Gasteiger partial charge in [0.1, 0.15) is 17.6 Å². The number of nitrogens with zero attached hydrogens (tertiary/aromatic N) is 3. The number of carbonyl (C=O) groups excluding carboxylic acids is 2. The van der Waals surface area contributed by atoms with Crippen LogP contribution in [0, 0.1) is 6.92 Å². The van der Waals surface area contributed by atoms with E-state index >= 15 is 0 Å². The molecule has 0 spiro atoms. The van der Waals surface area contributed by atoms with Crippen molar-refractivity contribution in [1.82, 2.24) is 9.97 Å². The summed E-state index contributed by atoms with van der Waals surface area (Å²) in [4.78, 5) is 48.7. The highest BCUT2D eigenvalue weighted by Gasteiger charge is 2.49. The lowest BCUT2D eigenvalue weighted by atomic mass is 9.92. The summed E-state index contributed by atoms with van der Waals surface area (Å²) in [7, 11) is 1.57. The number of aryl methyl sites for hydroxylation is 1. The van der Waals surface area contributed by atoms with Crippen molar-refractivity contribution in [1.29, 1.82) is 0 Å². The molecule has 0 aliphatic carbocycles. The van der Waals surface area contributed by atoms with Gasteiger partial charge in [0.25, 0.3) is 5.78 Å². The summed E-state index contributed by atoms with van der Waals surface area (Å²) in [5, 5.41) is 21.2. The highest BCUT2D eigenvalue weighted by molar-refractivity contribution is 7.22. The molecule has 0 radical (unpaired) electrons. The minimum Gasteiger partial charge on any atom is -0.507 e. The number of ether oxygens (including phenoxy) is 1. The molecule has 3 heterocycles. The molecule has 1 saturated heterocycles. The lowest BCUT2D eigenvalue weighted by Gasteiger charge is -2.22. The number of ketones is 1. The number of carboxylic acid groups (broad SMARTS) is 1. The molecule has 1 atom stereocenters. The van der Waals surface area contributed by atoms with Gasteiger partial charge in [-0.2, -0.15) is 0 Å². The summed E-state index contributed by atoms with van der Waals surface area (Å²) in [6.07, 6.45) is 1.54. The van der Waals surface area contributed by atoms with E-state index in [9.17, 15) is 24.6 Å². The van der Waals surface area contributed by atoms with Crippen LogP contribution in [0.2, 0.25) is 0 Å². The molecule has 1 amide bonds. The third kappa shape index (κ3) is 4.42. The average Bonchev–Trinajstić information content (AvgIpc) is 3.45. The van der Waals surface area contributed by atoms with E-state index in [2.05, 4.69) is 9.97 Å². The molecule has 4 aromatic rings. The SMILES string of the molecule is COc1cc(C)c(/C(O)=C2\C(=O)C(=O)N(c3nc4ccc(C(=O)O)cc4s3)C2c2ccccn2)cc1C(C)C. The number of carboxylic acids is 1. The number of rotatable bonds is 6. The summed E-state index contributed by atoms with van der Waals surface area (Å²) < 4.78 is 6.06. The van der Waals surface area contributed by atoms with Gasteiger partial charge in [0.2, 0.25) is 0 Å². The molecule has 1 aliphatic rings. The minimum atomic E-state index is -1.09. The molecule has 0 saturated carbocycles. The average molecular weight is 544 g/mol. The molecule has 5 rings (SSSR count). The van der Waals surface area contributed by atoms with Crippen LogP contribution in [0.3, 0.4) is 0 Å². The molecular weight excluding hydrogens is 518 g/mol. The molecule has 9 nitrogen and oxygen atoms in total. The summed E-state index contributed by atoms with van der Waals surface area (Å²) >= 11 is 1.08. The molecule has 10 heteroatoms. The number of aliphatic hydroxyl groups excluding tert-OH is 1. The highest BCUT2D eigenvalue weighted by Crippen LogP contribution is 2.44. The molecule has 2 N–H and O–H groups in total. The number of methoxy groups -OCH3 is 1. The van der Waals surface area contributed by atoms with Crippen LogP contribution >= 0.6 is 11.3 Å². The number of hydrogen-bond donors (Lipinski definition) is 2. The Kier molecular flexibility index (Phi) is 6.65. The number of Topliss-reactive ketones (excluding diaryl/α,β-unsaturated/α-hetero) is 1. The first-order valence-electron chi connectivity index (χ1n) is 12.2. The molecule has 2 aromatic carbocycles. The van der Waals surface area contributed by atoms with Crippen LogP contribution < -0.4 is 9.64 Å². The fourth-order valence-corrected chi connectivity index (χ4v) is 5.75. The quantitative estimate of drug-likeness (QED) is 0.186. The molecule has 1 fully saturated rings. The summed E-state index contributed by atoms with van der Waals surface area (Å²) in [5.74, 6) is -2.40. The Labute approximate surface area is 228 Å². The van der Waals surface area contributed by atoms with Crippen molar-refractivity contribution in [3.8, 4) is 5.75 Å². The van der Waals surface area contributed by atoms with Crippen LogP contribution in [-0.4, -0.2) is 45.0 Å². The van der Waals surface area contributed by atoms with Crippen molar-refractivity contribution in [2.24, 2.45) is 0 Å². The van der Waals surface area contributed by atoms with E-state index in [0.717, 1.165) is 16.9 Å². The normalized spacial score (nSPS) is 16.8. The number of aliphatic hydroxyl groups is 1. The number of aromatic carboxylic acids is 1. The Morgan fingerprint density at radius 2 is 1.87 bits per heavy atom. The Hall–Kier alpha value is -4.57. The molecule has 1 unspecified atom stereocenters. The van der Waals surface area contributed by atoms with Gasteiger partial charge in [-0.25, -0.2) is 9.78 Å². The molecule has 0 bridgehead atoms. The van der Waals surface area contributed by atoms with Crippen molar-refractivity contribution in [3.63, 3.8) is 0 Å². The smallest absolute Gasteiger partial charge is 0.335 e. The first-order valence-corrected chi connectivity index (χ1v) is 13.0. The van der Waals surface area contributed by atoms with Gasteiger partial charge in [-0.3, -0.25) is 19.5 Å². The second-order valence-electron chi connectivity index (χ2n) is 9.47. The monoisotopic (exact) mass is 543 g/mol. The largest absolute Gasteiger partial charge is 0.507 e. The molecule has 39 heavy (non-hydrogen) atoms. The van der Waals surface area contributed by atoms with Crippen LogP contribution in [0.1, 0.15) is 58.5 Å². The van der Waals surface area contributed by atoms with E-state index in [-0.39, 0.29) is 27.9 Å². The number of thiazole rings is 1. The van der Waals surface area contributed by atoms with E-state index in [0.29, 0.717) is 32.8 Å². The second-order valence-corrected chi connectivity index (χ2v) is 10.5. The topological polar surface area (TPSA) is 130 Å². The van der Waals surface area contributed by atoms with E-state index in [1.165, 1.54) is 17.0 Å². The first kappa shape index (κ1) is 26.1. The Balaban J connectivity index is 1.73. The number of anilines is 1. The fraction of sp³-hybridized carbons (Fsp3) is 0.207. The van der Waals surface area contributed by atoms with Gasteiger partial charge in [0.15, 0.2) is 5.13 Å². The lowest BCUT2D eigenvalue weighted by Crippen LogP contribution is -2.29. The second kappa shape index (κ2) is 9.95. The standard InChI is InChI=1S/C29H25N3O6S/c1-14(2)17-13-18(15(3)11-21(17)38-4)25(33)23-24(20-7-5-6-10-30-20)32(27(35)26(23)34)29-31-19-9-8-16(28(36)37)12-22(19)39-29/h5-14,24,33H,1-4H3,(H,36,37)/b25-23+. The van der Waals surface area contributed by atoms with Crippen molar-refractivity contribution in [2.75, 3.05) is 12.0 Å². The Bertz CT molecular complexity index is 1680. The maximum atomic E-state index is 13.5. The zero-order chi connectivity index (χ0) is 28.0. The van der Waals surface area contributed by atoms with Gasteiger partial charge in [0.05, 0.1) is 34.2 Å². The number of amides is 1. The summed E-state index contributed by atoms with van der Waals surface area (Å²) in [6.45, 7) is 5.78. The molecular formula is C29H25N3O6S. The number of fused-ring (bicyclic) bond motifs is 1. The van der Waals surface area contributed by atoms with Crippen LogP contribution in [0.5, 0.6) is 5.75 Å². The van der Waals surface area contributed by atoms with Crippen LogP contribution in [0.4, 0.5) is 5.13 Å². The van der Waals surface area contributed by atoms with Crippen LogP contribution in [-0.2, 0) is 9.59 Å². The number of carbonyl (C=O) groups is 3. The third-order valence-electron chi connectivity index (χ3n) is 6.70. The fourth-order valence-electron chi connectivity index (χ4n) is 4.72. The molecule has 1 aliphatic heterocycles. The number of pyridine rings is 1. The van der Waals surface area contributed by atoms with Crippen molar-refractivity contribution < 1.29 is 29.3 Å². The predicted octanol–water partition coefficient (Wildman–Crippen LogP) is 5.46. The van der Waals surface area contributed by atoms with E-state index in [1.54, 1.807) is 56.6 Å². The van der Waals surface area contributed by atoms with Gasteiger partial charge in [-0.1, -0.05) is 31.3 Å². The van der Waals surface area contributed by atoms with Gasteiger partial charge in [-0.05, 0) is 66.4 Å². The lowest BCUT2D eigenvalue weighted by molar-refractivity contribution is -0.132. The number of hydrogen-bond acceptors (Lipinski definition) is 8. The van der Waals surface area contributed by atoms with Crippen molar-refractivity contribution in [2.45, 2.75) is 32.7 Å². The Morgan fingerprint density at radius 3 is 2.51 bits per heavy atom. The number of benzene rings is 2. The highest BCUT2D eigenvalue weighted by atomic mass is 32.1. The van der Waals surface area contributed by atoms with Crippen molar-refractivity contribution in [3.05, 3.63) is 88.2 Å². The zero-order valence-corrected chi connectivity index (χ0v) is 22.4. The van der Waals surface area contributed by atoms with Crippen LogP contribution in [0.25, 0.3) is 16.0 Å². The minimum absolute atomic E-state index is 0.0690. The third-order valence-corrected chi connectivity index (χ3v) is 7.71. The molecule has 198 valence electrons. The first-order chi connectivity index (χ1) is 18.6. The van der Waals surface area contributed by atoms with E-state index < -0.39 is 23.7 Å². The van der Waals surface area contributed by atoms with Gasteiger partial charge in [-0.15, -0.1) is 0 Å². The van der Waals surface area contributed by atoms with Crippen molar-refractivity contribution >= 4 is 50.1 Å². The zero-order valence-electron chi connectivity index (χ0n) is 21.6. The predicted molar refractivity (Wildman–Crippen MR) is 147 cm³/mol. The van der Waals surface area contributed by atoms with Crippen LogP contribution in [0.15, 0.2) is 60.3 Å². The Morgan fingerprint density at radius 1 is 1.10 bits per heavy atom.